The van der Waals surface area contributed by atoms with E-state index in [-0.39, 0.29) is 11.9 Å². The van der Waals surface area contributed by atoms with Crippen molar-refractivity contribution in [2.75, 3.05) is 47.3 Å². The van der Waals surface area contributed by atoms with Crippen LogP contribution < -0.4 is 10.6 Å². The smallest absolute Gasteiger partial charge is 0.223 e. The van der Waals surface area contributed by atoms with Gasteiger partial charge in [0, 0.05) is 40.7 Å². The molecular weight excluding hydrogens is 318 g/mol. The van der Waals surface area contributed by atoms with E-state index in [4.69, 9.17) is 4.42 Å². The van der Waals surface area contributed by atoms with Crippen LogP contribution in [0.1, 0.15) is 37.5 Å². The maximum atomic E-state index is 11.6. The number of carbonyl (C=O) groups excluding carboxylic acids is 1. The molecular formula is C18H31N5O2. The minimum atomic E-state index is 0.102. The normalized spacial score (nSPS) is 17.2. The molecule has 0 bridgehead atoms. The van der Waals surface area contributed by atoms with Gasteiger partial charge in [0.25, 0.3) is 0 Å². The van der Waals surface area contributed by atoms with Crippen molar-refractivity contribution in [3.63, 3.8) is 0 Å². The maximum Gasteiger partial charge on any atom is 0.223 e. The highest BCUT2D eigenvalue weighted by Crippen LogP contribution is 2.24. The molecule has 1 amide bonds. The Labute approximate surface area is 150 Å². The average Bonchev–Trinajstić information content (AvgIpc) is 3.15. The van der Waals surface area contributed by atoms with Crippen LogP contribution >= 0.6 is 0 Å². The number of amides is 1. The van der Waals surface area contributed by atoms with E-state index in [2.05, 4.69) is 20.5 Å². The third kappa shape index (κ3) is 6.08. The van der Waals surface area contributed by atoms with Crippen LogP contribution in [0, 0.1) is 0 Å². The van der Waals surface area contributed by atoms with Gasteiger partial charge < -0.3 is 20.0 Å². The number of carbonyl (C=O) groups is 1. The van der Waals surface area contributed by atoms with Crippen LogP contribution in [0.3, 0.4) is 0 Å². The molecule has 0 radical (unpaired) electrons. The fraction of sp³-hybridized carbons (Fsp3) is 0.667. The van der Waals surface area contributed by atoms with Gasteiger partial charge >= 0.3 is 0 Å². The summed E-state index contributed by atoms with van der Waals surface area (Å²) >= 11 is 0. The molecule has 1 aliphatic rings. The topological polar surface area (TPSA) is 73.1 Å². The zero-order chi connectivity index (χ0) is 18.1. The first-order valence-corrected chi connectivity index (χ1v) is 9.04. The number of likely N-dealkylation sites (tertiary alicyclic amines) is 1. The largest absolute Gasteiger partial charge is 0.468 e. The van der Waals surface area contributed by atoms with E-state index in [0.29, 0.717) is 18.9 Å². The lowest BCUT2D eigenvalue weighted by Crippen LogP contribution is -2.45. The number of furan rings is 1. The summed E-state index contributed by atoms with van der Waals surface area (Å²) in [4.78, 5) is 20.0. The molecule has 2 rings (SSSR count). The Bertz CT molecular complexity index is 536. The summed E-state index contributed by atoms with van der Waals surface area (Å²) in [5, 5.41) is 6.57. The van der Waals surface area contributed by atoms with Gasteiger partial charge in [-0.1, -0.05) is 6.42 Å². The molecule has 1 fully saturated rings. The van der Waals surface area contributed by atoms with Gasteiger partial charge in [0.05, 0.1) is 12.3 Å². The van der Waals surface area contributed by atoms with Crippen molar-refractivity contribution in [1.82, 2.24) is 20.4 Å². The second kappa shape index (κ2) is 10.1. The Hall–Kier alpha value is -2.02. The van der Waals surface area contributed by atoms with E-state index < -0.39 is 0 Å². The van der Waals surface area contributed by atoms with Gasteiger partial charge in [0.2, 0.25) is 5.91 Å². The van der Waals surface area contributed by atoms with Gasteiger partial charge in [0.15, 0.2) is 5.96 Å². The summed E-state index contributed by atoms with van der Waals surface area (Å²) in [6, 6.07) is 4.16. The van der Waals surface area contributed by atoms with E-state index in [1.807, 2.05) is 12.1 Å². The van der Waals surface area contributed by atoms with Crippen LogP contribution in [0.15, 0.2) is 27.8 Å². The number of nitrogens with zero attached hydrogens (tertiary/aromatic N) is 3. The molecule has 0 spiro atoms. The molecule has 1 saturated heterocycles. The van der Waals surface area contributed by atoms with E-state index in [1.54, 1.807) is 32.3 Å². The summed E-state index contributed by atoms with van der Waals surface area (Å²) in [6.45, 7) is 3.47. The zero-order valence-corrected chi connectivity index (χ0v) is 15.6. The van der Waals surface area contributed by atoms with Crippen molar-refractivity contribution < 1.29 is 9.21 Å². The van der Waals surface area contributed by atoms with Gasteiger partial charge in [-0.2, -0.15) is 0 Å². The Morgan fingerprint density at radius 1 is 1.32 bits per heavy atom. The Morgan fingerprint density at radius 3 is 2.68 bits per heavy atom. The summed E-state index contributed by atoms with van der Waals surface area (Å²) in [5.74, 6) is 1.79. The highest BCUT2D eigenvalue weighted by molar-refractivity contribution is 5.81. The van der Waals surface area contributed by atoms with E-state index in [0.717, 1.165) is 25.4 Å². The Balaban J connectivity index is 1.86. The fourth-order valence-corrected chi connectivity index (χ4v) is 3.05. The minimum Gasteiger partial charge on any atom is -0.468 e. The molecule has 0 aliphatic carbocycles. The molecule has 2 N–H and O–H groups in total. The molecule has 140 valence electrons. The van der Waals surface area contributed by atoms with Crippen LogP contribution in [0.5, 0.6) is 0 Å². The van der Waals surface area contributed by atoms with Crippen LogP contribution in [0.2, 0.25) is 0 Å². The SMILES string of the molecule is CN=C(NCCC(=O)N(C)C)NCC(c1ccco1)N1CCCCC1. The van der Waals surface area contributed by atoms with Gasteiger partial charge in [-0.05, 0) is 38.1 Å². The number of rotatable bonds is 7. The van der Waals surface area contributed by atoms with Gasteiger partial charge in [0.1, 0.15) is 5.76 Å². The van der Waals surface area contributed by atoms with Crippen molar-refractivity contribution in [2.45, 2.75) is 31.7 Å². The summed E-state index contributed by atoms with van der Waals surface area (Å²) in [5.41, 5.74) is 0. The predicted molar refractivity (Wildman–Crippen MR) is 99.5 cm³/mol. The summed E-state index contributed by atoms with van der Waals surface area (Å²) < 4.78 is 5.66. The number of aliphatic imine (C=N–C) groups is 1. The second-order valence-electron chi connectivity index (χ2n) is 6.55. The molecule has 1 aliphatic heterocycles. The highest BCUT2D eigenvalue weighted by atomic mass is 16.3. The number of piperidine rings is 1. The lowest BCUT2D eigenvalue weighted by Gasteiger charge is -2.33. The van der Waals surface area contributed by atoms with Crippen LogP contribution in [-0.2, 0) is 4.79 Å². The monoisotopic (exact) mass is 349 g/mol. The first-order valence-electron chi connectivity index (χ1n) is 9.04. The molecule has 7 heteroatoms. The van der Waals surface area contributed by atoms with Crippen molar-refractivity contribution in [1.29, 1.82) is 0 Å². The number of hydrogen-bond donors (Lipinski definition) is 2. The van der Waals surface area contributed by atoms with E-state index in [1.165, 1.54) is 19.3 Å². The maximum absolute atomic E-state index is 11.6. The van der Waals surface area contributed by atoms with Gasteiger partial charge in [-0.15, -0.1) is 0 Å². The van der Waals surface area contributed by atoms with Crippen LogP contribution in [0.25, 0.3) is 0 Å². The first-order chi connectivity index (χ1) is 12.1. The summed E-state index contributed by atoms with van der Waals surface area (Å²) in [6.07, 6.45) is 5.94. The zero-order valence-electron chi connectivity index (χ0n) is 15.6. The molecule has 7 nitrogen and oxygen atoms in total. The number of guanidine groups is 1. The standard InChI is InChI=1S/C18H31N5O2/c1-19-18(20-10-9-17(24)22(2)3)21-14-15(16-8-7-13-25-16)23-11-5-4-6-12-23/h7-8,13,15H,4-6,9-12,14H2,1-3H3,(H2,19,20,21). The highest BCUT2D eigenvalue weighted by Gasteiger charge is 2.24. The van der Waals surface area contributed by atoms with Crippen LogP contribution in [0.4, 0.5) is 0 Å². The molecule has 0 saturated carbocycles. The molecule has 1 aromatic rings. The quantitative estimate of drug-likeness (QED) is 0.576. The first kappa shape index (κ1) is 19.3. The lowest BCUT2D eigenvalue weighted by atomic mass is 10.1. The summed E-state index contributed by atoms with van der Waals surface area (Å²) in [7, 11) is 5.27. The minimum absolute atomic E-state index is 0.102. The van der Waals surface area contributed by atoms with Crippen molar-refractivity contribution in [3.8, 4) is 0 Å². The van der Waals surface area contributed by atoms with E-state index in [9.17, 15) is 4.79 Å². The second-order valence-corrected chi connectivity index (χ2v) is 6.55. The van der Waals surface area contributed by atoms with Crippen molar-refractivity contribution >= 4 is 11.9 Å². The average molecular weight is 349 g/mol. The van der Waals surface area contributed by atoms with Crippen molar-refractivity contribution in [2.24, 2.45) is 4.99 Å². The van der Waals surface area contributed by atoms with Gasteiger partial charge in [-0.3, -0.25) is 14.7 Å². The molecule has 1 aromatic heterocycles. The molecule has 25 heavy (non-hydrogen) atoms. The van der Waals surface area contributed by atoms with Gasteiger partial charge in [-0.25, -0.2) is 0 Å². The van der Waals surface area contributed by atoms with Crippen molar-refractivity contribution in [3.05, 3.63) is 24.2 Å². The van der Waals surface area contributed by atoms with E-state index >= 15 is 0 Å². The Morgan fingerprint density at radius 2 is 2.08 bits per heavy atom. The molecule has 1 atom stereocenters. The Kier molecular flexibility index (Phi) is 7.78. The van der Waals surface area contributed by atoms with Crippen LogP contribution in [-0.4, -0.2) is 69.0 Å². The molecule has 0 aromatic carbocycles. The third-order valence-corrected chi connectivity index (χ3v) is 4.52. The molecule has 2 heterocycles. The number of nitrogens with one attached hydrogen (secondary N) is 2. The lowest BCUT2D eigenvalue weighted by molar-refractivity contribution is -0.128. The molecule has 1 unspecified atom stereocenters. The number of hydrogen-bond acceptors (Lipinski definition) is 4. The third-order valence-electron chi connectivity index (χ3n) is 4.52. The predicted octanol–water partition coefficient (Wildman–Crippen LogP) is 1.45. The fourth-order valence-electron chi connectivity index (χ4n) is 3.05.